The Kier molecular flexibility index (Phi) is 20.4. The molecule has 0 aromatic carbocycles. The van der Waals surface area contributed by atoms with Gasteiger partial charge in [0.15, 0.2) is 5.78 Å². The summed E-state index contributed by atoms with van der Waals surface area (Å²) < 4.78 is 5.13. The van der Waals surface area contributed by atoms with E-state index in [1.165, 1.54) is 24.6 Å². The van der Waals surface area contributed by atoms with Gasteiger partial charge in [0.1, 0.15) is 11.7 Å². The Morgan fingerprint density at radius 2 is 1.81 bits per heavy atom. The van der Waals surface area contributed by atoms with Crippen LogP contribution in [0.5, 0.6) is 0 Å². The van der Waals surface area contributed by atoms with E-state index >= 15 is 0 Å². The molecule has 5 nitrogen and oxygen atoms in total. The molecule has 0 spiro atoms. The number of aromatic nitrogens is 1. The van der Waals surface area contributed by atoms with Gasteiger partial charge in [-0.25, -0.2) is 9.98 Å². The van der Waals surface area contributed by atoms with Crippen LogP contribution >= 0.6 is 0 Å². The summed E-state index contributed by atoms with van der Waals surface area (Å²) >= 11 is 0. The van der Waals surface area contributed by atoms with E-state index in [0.717, 1.165) is 30.7 Å². The maximum atomic E-state index is 12.4. The van der Waals surface area contributed by atoms with E-state index < -0.39 is 0 Å². The van der Waals surface area contributed by atoms with Crippen molar-refractivity contribution >= 4 is 23.5 Å². The third kappa shape index (κ3) is 16.2. The number of aliphatic imine (C=N–C) groups is 1. The first kappa shape index (κ1) is 35.6. The summed E-state index contributed by atoms with van der Waals surface area (Å²) in [5, 5.41) is 3.31. The fourth-order valence-electron chi connectivity index (χ4n) is 3.17. The molecule has 0 fully saturated rings. The van der Waals surface area contributed by atoms with E-state index in [9.17, 15) is 4.79 Å². The molecule has 1 N–H and O–H groups in total. The van der Waals surface area contributed by atoms with Crippen LogP contribution in [0.3, 0.4) is 0 Å². The van der Waals surface area contributed by atoms with Crippen LogP contribution in [0.15, 0.2) is 41.6 Å². The maximum Gasteiger partial charge on any atom is 0.162 e. The van der Waals surface area contributed by atoms with E-state index in [4.69, 9.17) is 9.72 Å². The highest BCUT2D eigenvalue weighted by molar-refractivity contribution is 6.05. The van der Waals surface area contributed by atoms with Crippen LogP contribution in [0.4, 0.5) is 5.82 Å². The second-order valence-corrected chi connectivity index (χ2v) is 9.62. The van der Waals surface area contributed by atoms with Gasteiger partial charge in [0.05, 0.1) is 5.69 Å². The summed E-state index contributed by atoms with van der Waals surface area (Å²) in [6, 6.07) is 1.90. The molecule has 0 aliphatic carbocycles. The van der Waals surface area contributed by atoms with Crippen LogP contribution in [0.25, 0.3) is 6.08 Å². The molecule has 1 heterocycles. The molecule has 5 heteroatoms. The molecule has 0 unspecified atom stereocenters. The summed E-state index contributed by atoms with van der Waals surface area (Å²) in [7, 11) is 1.71. The van der Waals surface area contributed by atoms with Gasteiger partial charge >= 0.3 is 0 Å². The van der Waals surface area contributed by atoms with Gasteiger partial charge in [-0.3, -0.25) is 4.79 Å². The lowest BCUT2D eigenvalue weighted by Gasteiger charge is -2.21. The normalized spacial score (nSPS) is 11.9. The topological polar surface area (TPSA) is 63.6 Å². The summed E-state index contributed by atoms with van der Waals surface area (Å²) in [6.07, 6.45) is 12.6. The number of carbonyl (C=O) groups is 1. The molecule has 1 aromatic rings. The number of hydrogen-bond donors (Lipinski definition) is 1. The maximum absolute atomic E-state index is 12.4. The Bertz CT molecular complexity index is 857. The highest BCUT2D eigenvalue weighted by Crippen LogP contribution is 2.27. The second-order valence-electron chi connectivity index (χ2n) is 9.62. The van der Waals surface area contributed by atoms with Crippen molar-refractivity contribution in [3.05, 3.63) is 53.4 Å². The Labute approximate surface area is 222 Å². The Morgan fingerprint density at radius 1 is 1.19 bits per heavy atom. The number of nitrogens with one attached hydrogen (secondary N) is 1. The van der Waals surface area contributed by atoms with E-state index in [-0.39, 0.29) is 11.2 Å². The fourth-order valence-corrected chi connectivity index (χ4v) is 3.17. The minimum Gasteiger partial charge on any atom is -0.385 e. The average molecular weight is 500 g/mol. The Hall–Kier alpha value is -2.53. The van der Waals surface area contributed by atoms with Gasteiger partial charge < -0.3 is 10.1 Å². The number of rotatable bonds is 11. The van der Waals surface area contributed by atoms with Gasteiger partial charge in [-0.15, -0.1) is 0 Å². The monoisotopic (exact) mass is 499 g/mol. The van der Waals surface area contributed by atoms with Crippen molar-refractivity contribution in [3.8, 4) is 0 Å². The molecule has 0 aliphatic rings. The second kappa shape index (κ2) is 20.6. The molecular weight excluding hydrogens is 446 g/mol. The molecular formula is C31H53N3O2. The number of amidine groups is 1. The molecule has 0 amide bonds. The lowest BCUT2D eigenvalue weighted by molar-refractivity contribution is 0.101. The van der Waals surface area contributed by atoms with Crippen molar-refractivity contribution in [2.75, 3.05) is 19.0 Å². The first-order valence-corrected chi connectivity index (χ1v) is 13.3. The molecule has 0 bridgehead atoms. The van der Waals surface area contributed by atoms with Gasteiger partial charge in [0, 0.05) is 25.5 Å². The van der Waals surface area contributed by atoms with Gasteiger partial charge in [0.2, 0.25) is 0 Å². The standard InChI is InChI=1S/C25H37N3O2.C4H10.C2H6/c1-9-12-20-16-23(27-21(17-25(5,6)7)24(20)19(4)29)28-22(26-10-2)15-18(3)13-11-14-30-8;1-3-4-2;1-2/h9-10,12,15-16H,2,11,13-14,17H2,1,3-8H3,(H,26,27,28);3-4H2,1-2H3;1-2H3/b12-9-,18-15+;;. The van der Waals surface area contributed by atoms with Crippen LogP contribution < -0.4 is 5.32 Å². The fraction of sp³-hybridized carbons (Fsp3) is 0.581. The molecule has 0 saturated heterocycles. The molecule has 36 heavy (non-hydrogen) atoms. The molecule has 0 atom stereocenters. The minimum atomic E-state index is -0.00109. The number of unbranched alkanes of at least 4 members (excludes halogenated alkanes) is 1. The number of Topliss-reactive ketones (excluding diaryl/α,β-unsaturated/α-hetero) is 1. The molecule has 1 rings (SSSR count). The Balaban J connectivity index is 0. The van der Waals surface area contributed by atoms with Crippen LogP contribution in [0, 0.1) is 5.41 Å². The van der Waals surface area contributed by atoms with Crippen LogP contribution in [-0.2, 0) is 11.2 Å². The minimum absolute atomic E-state index is 0.00109. The van der Waals surface area contributed by atoms with Gasteiger partial charge in [0.25, 0.3) is 0 Å². The van der Waals surface area contributed by atoms with Crippen molar-refractivity contribution in [1.82, 2.24) is 4.98 Å². The quantitative estimate of drug-likeness (QED) is 0.143. The summed E-state index contributed by atoms with van der Waals surface area (Å²) in [4.78, 5) is 21.6. The summed E-state index contributed by atoms with van der Waals surface area (Å²) in [5.41, 5.74) is 3.53. The molecule has 1 aromatic heterocycles. The summed E-state index contributed by atoms with van der Waals surface area (Å²) in [5.74, 6) is 1.35. The average Bonchev–Trinajstić information content (AvgIpc) is 2.79. The van der Waals surface area contributed by atoms with Gasteiger partial charge in [-0.1, -0.05) is 85.6 Å². The van der Waals surface area contributed by atoms with E-state index in [1.54, 1.807) is 14.0 Å². The first-order chi connectivity index (χ1) is 17.0. The number of ketones is 1. The van der Waals surface area contributed by atoms with Crippen LogP contribution in [-0.4, -0.2) is 30.3 Å². The number of nitrogens with zero attached hydrogens (tertiary/aromatic N) is 2. The highest BCUT2D eigenvalue weighted by atomic mass is 16.5. The number of ether oxygens (including phenoxy) is 1. The van der Waals surface area contributed by atoms with E-state index in [1.807, 2.05) is 45.1 Å². The van der Waals surface area contributed by atoms with Crippen LogP contribution in [0.2, 0.25) is 0 Å². The first-order valence-electron chi connectivity index (χ1n) is 13.3. The number of pyridine rings is 1. The molecule has 204 valence electrons. The third-order valence-corrected chi connectivity index (χ3v) is 4.81. The van der Waals surface area contributed by atoms with Crippen molar-refractivity contribution in [3.63, 3.8) is 0 Å². The largest absolute Gasteiger partial charge is 0.385 e. The predicted molar refractivity (Wildman–Crippen MR) is 160 cm³/mol. The number of hydrogen-bond acceptors (Lipinski definition) is 4. The van der Waals surface area contributed by atoms with Crippen molar-refractivity contribution in [1.29, 1.82) is 0 Å². The zero-order valence-corrected chi connectivity index (χ0v) is 25.0. The smallest absolute Gasteiger partial charge is 0.162 e. The van der Waals surface area contributed by atoms with Crippen molar-refractivity contribution in [2.24, 2.45) is 10.4 Å². The number of allylic oxidation sites excluding steroid dienone is 2. The zero-order valence-electron chi connectivity index (χ0n) is 25.0. The van der Waals surface area contributed by atoms with Crippen LogP contribution in [0.1, 0.15) is 117 Å². The zero-order chi connectivity index (χ0) is 28.1. The molecule has 0 saturated carbocycles. The van der Waals surface area contributed by atoms with E-state index in [0.29, 0.717) is 23.6 Å². The third-order valence-electron chi connectivity index (χ3n) is 4.81. The molecule has 0 aliphatic heterocycles. The van der Waals surface area contributed by atoms with E-state index in [2.05, 4.69) is 58.4 Å². The van der Waals surface area contributed by atoms with Crippen molar-refractivity contribution in [2.45, 2.75) is 101 Å². The Morgan fingerprint density at radius 3 is 2.25 bits per heavy atom. The number of anilines is 1. The summed E-state index contributed by atoms with van der Waals surface area (Å²) in [6.45, 7) is 24.8. The lowest BCUT2D eigenvalue weighted by atomic mass is 9.87. The lowest BCUT2D eigenvalue weighted by Crippen LogP contribution is -2.18. The SMILES string of the molecule is C=CN=C(/C=C(\C)CCCOC)Nc1cc(/C=C\C)c(C(C)=O)c(CC(C)(C)C)n1.CC.CCCC. The number of carbonyl (C=O) groups excluding carboxylic acids is 1. The predicted octanol–water partition coefficient (Wildman–Crippen LogP) is 9.07. The van der Waals surface area contributed by atoms with Gasteiger partial charge in [-0.2, -0.15) is 0 Å². The highest BCUT2D eigenvalue weighted by Gasteiger charge is 2.21. The number of methoxy groups -OCH3 is 1. The molecule has 0 radical (unpaired) electrons. The van der Waals surface area contributed by atoms with Gasteiger partial charge in [-0.05, 0) is 63.2 Å². The van der Waals surface area contributed by atoms with Crippen molar-refractivity contribution < 1.29 is 9.53 Å².